The van der Waals surface area contributed by atoms with Crippen LogP contribution in [0.4, 0.5) is 5.69 Å². The van der Waals surface area contributed by atoms with Crippen molar-refractivity contribution >= 4 is 33.2 Å². The van der Waals surface area contributed by atoms with E-state index in [-0.39, 0.29) is 10.8 Å². The van der Waals surface area contributed by atoms with Crippen molar-refractivity contribution in [2.45, 2.75) is 38.7 Å². The summed E-state index contributed by atoms with van der Waals surface area (Å²) in [6, 6.07) is 11.5. The fourth-order valence-corrected chi connectivity index (χ4v) is 4.51. The Hall–Kier alpha value is -2.09. The zero-order valence-corrected chi connectivity index (χ0v) is 18.0. The highest BCUT2D eigenvalue weighted by Gasteiger charge is 2.24. The third kappa shape index (κ3) is 5.25. The Labute approximate surface area is 171 Å². The quantitative estimate of drug-likeness (QED) is 0.692. The molecule has 0 aliphatic heterocycles. The van der Waals surface area contributed by atoms with Crippen LogP contribution in [0.15, 0.2) is 47.4 Å². The highest BCUT2D eigenvalue weighted by Crippen LogP contribution is 2.24. The number of rotatable bonds is 8. The van der Waals surface area contributed by atoms with Crippen molar-refractivity contribution in [2.75, 3.05) is 18.4 Å². The molecule has 0 fully saturated rings. The highest BCUT2D eigenvalue weighted by atomic mass is 35.5. The average molecular weight is 425 g/mol. The molecule has 1 N–H and O–H groups in total. The summed E-state index contributed by atoms with van der Waals surface area (Å²) in [5.74, 6) is 0.130. The summed E-state index contributed by atoms with van der Waals surface area (Å²) in [5, 5.41) is 3.29. The summed E-state index contributed by atoms with van der Waals surface area (Å²) in [6.45, 7) is 7.68. The fraction of sp³-hybridized carbons (Fsp3) is 0.350. The third-order valence-corrected chi connectivity index (χ3v) is 6.72. The van der Waals surface area contributed by atoms with Gasteiger partial charge in [-0.15, -0.1) is 0 Å². The number of nitrogens with zero attached hydrogens (tertiary/aromatic N) is 1. The van der Waals surface area contributed by atoms with Gasteiger partial charge in [-0.25, -0.2) is 8.42 Å². The van der Waals surface area contributed by atoms with Gasteiger partial charge in [0.1, 0.15) is 5.75 Å². The van der Waals surface area contributed by atoms with Crippen LogP contribution < -0.4 is 10.1 Å². The molecule has 152 valence electrons. The van der Waals surface area contributed by atoms with Gasteiger partial charge >= 0.3 is 0 Å². The number of amides is 1. The number of aryl methyl sites for hydroxylation is 1. The van der Waals surface area contributed by atoms with E-state index < -0.39 is 16.1 Å². The Morgan fingerprint density at radius 1 is 1.14 bits per heavy atom. The number of carbonyl (C=O) groups is 1. The molecule has 2 rings (SSSR count). The van der Waals surface area contributed by atoms with Gasteiger partial charge in [-0.2, -0.15) is 4.31 Å². The summed E-state index contributed by atoms with van der Waals surface area (Å²) >= 11 is 5.84. The smallest absolute Gasteiger partial charge is 0.265 e. The number of anilines is 1. The molecule has 0 bridgehead atoms. The van der Waals surface area contributed by atoms with Gasteiger partial charge in [-0.1, -0.05) is 31.5 Å². The van der Waals surface area contributed by atoms with Crippen LogP contribution in [0, 0.1) is 6.92 Å². The van der Waals surface area contributed by atoms with Crippen LogP contribution in [0.3, 0.4) is 0 Å². The van der Waals surface area contributed by atoms with Crippen molar-refractivity contribution in [1.82, 2.24) is 4.31 Å². The van der Waals surface area contributed by atoms with E-state index in [9.17, 15) is 13.2 Å². The van der Waals surface area contributed by atoms with Gasteiger partial charge in [0.25, 0.3) is 5.91 Å². The molecule has 8 heteroatoms. The van der Waals surface area contributed by atoms with Gasteiger partial charge in [0.2, 0.25) is 10.0 Å². The zero-order valence-electron chi connectivity index (χ0n) is 16.4. The fourth-order valence-electron chi connectivity index (χ4n) is 2.67. The first-order chi connectivity index (χ1) is 13.2. The summed E-state index contributed by atoms with van der Waals surface area (Å²) < 4.78 is 32.6. The first-order valence-electron chi connectivity index (χ1n) is 9.03. The maximum atomic E-state index is 12.8. The SMILES string of the molecule is CCN(CC)S(=O)(=O)c1cc(NC(=O)[C@@H](C)Oc2ccc(Cl)cc2)ccc1C. The lowest BCUT2D eigenvalue weighted by Gasteiger charge is -2.20. The highest BCUT2D eigenvalue weighted by molar-refractivity contribution is 7.89. The molecule has 0 aliphatic carbocycles. The maximum Gasteiger partial charge on any atom is 0.265 e. The number of halogens is 1. The van der Waals surface area contributed by atoms with Gasteiger partial charge < -0.3 is 10.1 Å². The molecule has 0 aromatic heterocycles. The first kappa shape index (κ1) is 22.2. The lowest BCUT2D eigenvalue weighted by Crippen LogP contribution is -2.32. The topological polar surface area (TPSA) is 75.7 Å². The van der Waals surface area contributed by atoms with Crippen LogP contribution in [0.2, 0.25) is 5.02 Å². The van der Waals surface area contributed by atoms with E-state index >= 15 is 0 Å². The van der Waals surface area contributed by atoms with Crippen LogP contribution in [0.5, 0.6) is 5.75 Å². The Bertz CT molecular complexity index is 926. The van der Waals surface area contributed by atoms with Gasteiger partial charge in [0.15, 0.2) is 6.10 Å². The van der Waals surface area contributed by atoms with Crippen LogP contribution in [-0.2, 0) is 14.8 Å². The largest absolute Gasteiger partial charge is 0.481 e. The van der Waals surface area contributed by atoms with Gasteiger partial charge in [0, 0.05) is 23.8 Å². The van der Waals surface area contributed by atoms with Crippen molar-refractivity contribution in [2.24, 2.45) is 0 Å². The van der Waals surface area contributed by atoms with E-state index in [2.05, 4.69) is 5.32 Å². The Kier molecular flexibility index (Phi) is 7.46. The average Bonchev–Trinajstić information content (AvgIpc) is 2.65. The van der Waals surface area contributed by atoms with E-state index in [4.69, 9.17) is 16.3 Å². The maximum absolute atomic E-state index is 12.8. The Morgan fingerprint density at radius 2 is 1.75 bits per heavy atom. The zero-order chi connectivity index (χ0) is 20.9. The molecule has 0 heterocycles. The van der Waals surface area contributed by atoms with E-state index in [1.165, 1.54) is 10.4 Å². The van der Waals surface area contributed by atoms with E-state index in [0.29, 0.717) is 35.1 Å². The number of hydrogen-bond acceptors (Lipinski definition) is 4. The number of ether oxygens (including phenoxy) is 1. The number of sulfonamides is 1. The molecule has 2 aromatic rings. The molecule has 0 spiro atoms. The van der Waals surface area contributed by atoms with Crippen molar-refractivity contribution < 1.29 is 17.9 Å². The van der Waals surface area contributed by atoms with Gasteiger partial charge in [-0.05, 0) is 55.8 Å². The monoisotopic (exact) mass is 424 g/mol. The minimum Gasteiger partial charge on any atom is -0.481 e. The van der Waals surface area contributed by atoms with Crippen molar-refractivity contribution in [3.05, 3.63) is 53.1 Å². The minimum absolute atomic E-state index is 0.181. The molecule has 1 amide bonds. The molecule has 28 heavy (non-hydrogen) atoms. The third-order valence-electron chi connectivity index (χ3n) is 4.27. The standard InChI is InChI=1S/C20H25ClN2O4S/c1-5-23(6-2)28(25,26)19-13-17(10-7-14(19)3)22-20(24)15(4)27-18-11-8-16(21)9-12-18/h7-13,15H,5-6H2,1-4H3,(H,22,24)/t15-/m1/s1. The van der Waals surface area contributed by atoms with Crippen LogP contribution in [0.1, 0.15) is 26.3 Å². The van der Waals surface area contributed by atoms with Crippen LogP contribution in [0.25, 0.3) is 0 Å². The summed E-state index contributed by atoms with van der Waals surface area (Å²) in [4.78, 5) is 12.6. The molecule has 0 saturated heterocycles. The lowest BCUT2D eigenvalue weighted by molar-refractivity contribution is -0.122. The number of carbonyl (C=O) groups excluding carboxylic acids is 1. The number of hydrogen-bond donors (Lipinski definition) is 1. The van der Waals surface area contributed by atoms with E-state index in [1.807, 2.05) is 0 Å². The van der Waals surface area contributed by atoms with Crippen molar-refractivity contribution in [3.8, 4) is 5.75 Å². The Morgan fingerprint density at radius 3 is 2.32 bits per heavy atom. The molecule has 0 aliphatic rings. The molecule has 0 saturated carbocycles. The second-order valence-corrected chi connectivity index (χ2v) is 8.62. The number of nitrogens with one attached hydrogen (secondary N) is 1. The first-order valence-corrected chi connectivity index (χ1v) is 10.8. The normalized spacial score (nSPS) is 12.6. The minimum atomic E-state index is -3.62. The molecular weight excluding hydrogens is 400 g/mol. The molecular formula is C20H25ClN2O4S. The molecule has 0 unspecified atom stereocenters. The Balaban J connectivity index is 2.17. The molecule has 0 radical (unpaired) electrons. The van der Waals surface area contributed by atoms with E-state index in [1.54, 1.807) is 64.1 Å². The van der Waals surface area contributed by atoms with Crippen molar-refractivity contribution in [3.63, 3.8) is 0 Å². The van der Waals surface area contributed by atoms with E-state index in [0.717, 1.165) is 0 Å². The van der Waals surface area contributed by atoms with Crippen molar-refractivity contribution in [1.29, 1.82) is 0 Å². The lowest BCUT2D eigenvalue weighted by atomic mass is 10.2. The molecule has 2 aromatic carbocycles. The van der Waals surface area contributed by atoms with Gasteiger partial charge in [-0.3, -0.25) is 4.79 Å². The predicted molar refractivity (Wildman–Crippen MR) is 111 cm³/mol. The second-order valence-electron chi connectivity index (χ2n) is 6.27. The number of benzene rings is 2. The molecule has 1 atom stereocenters. The van der Waals surface area contributed by atoms with Crippen LogP contribution >= 0.6 is 11.6 Å². The van der Waals surface area contributed by atoms with Gasteiger partial charge in [0.05, 0.1) is 4.90 Å². The summed E-state index contributed by atoms with van der Waals surface area (Å²) in [6.07, 6.45) is -0.773. The predicted octanol–water partition coefficient (Wildman–Crippen LogP) is 4.08. The second kappa shape index (κ2) is 9.41. The van der Waals surface area contributed by atoms with Crippen LogP contribution in [-0.4, -0.2) is 37.8 Å². The summed E-state index contributed by atoms with van der Waals surface area (Å²) in [5.41, 5.74) is 1.02. The summed E-state index contributed by atoms with van der Waals surface area (Å²) in [7, 11) is -3.62. The molecule has 6 nitrogen and oxygen atoms in total.